The van der Waals surface area contributed by atoms with Crippen LogP contribution in [0.3, 0.4) is 0 Å². The van der Waals surface area contributed by atoms with Crippen LogP contribution in [0.2, 0.25) is 0 Å². The Bertz CT molecular complexity index is 2080. The highest BCUT2D eigenvalue weighted by molar-refractivity contribution is 6.01. The predicted molar refractivity (Wildman–Crippen MR) is 191 cm³/mol. The summed E-state index contributed by atoms with van der Waals surface area (Å²) in [5.74, 6) is 1.37. The normalized spacial score (nSPS) is 19.7. The summed E-state index contributed by atoms with van der Waals surface area (Å²) >= 11 is 0. The van der Waals surface area contributed by atoms with Crippen LogP contribution in [0.25, 0.3) is 39.1 Å². The Balaban J connectivity index is 0.889. The van der Waals surface area contributed by atoms with E-state index in [1.165, 1.54) is 11.1 Å². The summed E-state index contributed by atoms with van der Waals surface area (Å²) < 4.78 is 7.63. The van der Waals surface area contributed by atoms with Crippen LogP contribution in [0.1, 0.15) is 38.7 Å². The number of carbonyl (C=O) groups excluding carboxylic acids is 2. The minimum absolute atomic E-state index is 0.0344. The fraction of sp³-hybridized carbons (Fsp3) is 0.368. The molecule has 256 valence electrons. The third kappa shape index (κ3) is 6.04. The SMILES string of the molecule is CC(C)Oc1ccc(-c2n[nH]c3ccc(N4CC[C@]5(CCN(CC(=O)N6CC=C(c7ccc(-c8cn(C)cn8)cc7)CC6)C5)C4=O)nc23)cn1. The van der Waals surface area contributed by atoms with Crippen LogP contribution in [0.15, 0.2) is 73.3 Å². The number of hydrogen-bond acceptors (Lipinski definition) is 8. The van der Waals surface area contributed by atoms with Gasteiger partial charge >= 0.3 is 0 Å². The number of anilines is 1. The molecule has 0 aliphatic carbocycles. The van der Waals surface area contributed by atoms with E-state index in [4.69, 9.17) is 9.72 Å². The zero-order chi connectivity index (χ0) is 34.4. The largest absolute Gasteiger partial charge is 0.475 e. The number of fused-ring (bicyclic) bond motifs is 1. The number of pyridine rings is 2. The molecular weight excluding hydrogens is 630 g/mol. The number of aromatic amines is 1. The maximum Gasteiger partial charge on any atom is 0.237 e. The van der Waals surface area contributed by atoms with Crippen molar-refractivity contribution in [3.8, 4) is 28.4 Å². The number of nitrogens with one attached hydrogen (secondary N) is 1. The summed E-state index contributed by atoms with van der Waals surface area (Å²) in [6.07, 6.45) is 10.0. The van der Waals surface area contributed by atoms with Gasteiger partial charge in [-0.2, -0.15) is 5.10 Å². The third-order valence-electron chi connectivity index (χ3n) is 10.2. The molecule has 1 spiro atoms. The smallest absolute Gasteiger partial charge is 0.237 e. The molecule has 7 heterocycles. The van der Waals surface area contributed by atoms with E-state index in [2.05, 4.69) is 55.4 Å². The highest BCUT2D eigenvalue weighted by Gasteiger charge is 2.51. The number of benzene rings is 1. The van der Waals surface area contributed by atoms with Crippen LogP contribution in [0, 0.1) is 5.41 Å². The Hall–Kier alpha value is -5.36. The first-order valence-corrected chi connectivity index (χ1v) is 17.3. The molecule has 2 amide bonds. The molecule has 0 unspecified atom stereocenters. The topological polar surface area (TPSA) is 125 Å². The standard InChI is InChI=1S/C38H41N9O3/c1-25(2)50-33-11-8-29(20-39-33)35-36-30(42-43-35)9-10-32(41-36)47-19-15-38(37(47)49)14-18-45(23-38)22-34(48)46-16-12-27(13-17-46)26-4-6-28(7-5-26)31-21-44(3)24-40-31/h4-12,20-21,24-25H,13-19,22-23H2,1-3H3,(H,42,43)/t38-/m0/s1. The summed E-state index contributed by atoms with van der Waals surface area (Å²) in [6, 6.07) is 16.0. The summed E-state index contributed by atoms with van der Waals surface area (Å²) in [5.41, 5.74) is 6.96. The Morgan fingerprint density at radius 3 is 2.50 bits per heavy atom. The molecule has 5 aromatic rings. The predicted octanol–water partition coefficient (Wildman–Crippen LogP) is 4.95. The number of likely N-dealkylation sites (tertiary alicyclic amines) is 1. The van der Waals surface area contributed by atoms with Crippen LogP contribution < -0.4 is 9.64 Å². The van der Waals surface area contributed by atoms with Gasteiger partial charge in [0, 0.05) is 62.8 Å². The molecule has 1 atom stereocenters. The molecule has 1 N–H and O–H groups in total. The van der Waals surface area contributed by atoms with Crippen molar-refractivity contribution in [3.05, 3.63) is 78.9 Å². The Morgan fingerprint density at radius 2 is 1.78 bits per heavy atom. The highest BCUT2D eigenvalue weighted by atomic mass is 16.5. The van der Waals surface area contributed by atoms with Gasteiger partial charge in [-0.3, -0.25) is 24.5 Å². The summed E-state index contributed by atoms with van der Waals surface area (Å²) in [4.78, 5) is 47.1. The van der Waals surface area contributed by atoms with Gasteiger partial charge in [-0.25, -0.2) is 15.0 Å². The van der Waals surface area contributed by atoms with Crippen molar-refractivity contribution in [2.45, 2.75) is 39.2 Å². The van der Waals surface area contributed by atoms with E-state index in [1.54, 1.807) is 17.4 Å². The van der Waals surface area contributed by atoms with E-state index >= 15 is 0 Å². The van der Waals surface area contributed by atoms with Crippen molar-refractivity contribution in [3.63, 3.8) is 0 Å². The zero-order valence-corrected chi connectivity index (χ0v) is 28.7. The fourth-order valence-electron chi connectivity index (χ4n) is 7.45. The molecule has 0 saturated carbocycles. The number of carbonyl (C=O) groups is 2. The first kappa shape index (κ1) is 31.9. The molecule has 2 saturated heterocycles. The monoisotopic (exact) mass is 671 g/mol. The zero-order valence-electron chi connectivity index (χ0n) is 28.7. The molecule has 12 nitrogen and oxygen atoms in total. The van der Waals surface area contributed by atoms with E-state index in [0.717, 1.165) is 48.1 Å². The summed E-state index contributed by atoms with van der Waals surface area (Å²) in [7, 11) is 1.97. The molecule has 8 rings (SSSR count). The number of ether oxygens (including phenoxy) is 1. The minimum atomic E-state index is -0.497. The van der Waals surface area contributed by atoms with Gasteiger partial charge in [0.05, 0.1) is 35.6 Å². The van der Waals surface area contributed by atoms with Crippen LogP contribution in [0.5, 0.6) is 5.88 Å². The molecule has 0 radical (unpaired) electrons. The highest BCUT2D eigenvalue weighted by Crippen LogP contribution is 2.42. The minimum Gasteiger partial charge on any atom is -0.475 e. The van der Waals surface area contributed by atoms with Gasteiger partial charge in [-0.15, -0.1) is 0 Å². The van der Waals surface area contributed by atoms with E-state index in [0.29, 0.717) is 55.6 Å². The van der Waals surface area contributed by atoms with Crippen molar-refractivity contribution < 1.29 is 14.3 Å². The second kappa shape index (κ2) is 12.8. The Labute approximate surface area is 290 Å². The maximum atomic E-state index is 14.0. The number of hydrogen-bond donors (Lipinski definition) is 1. The van der Waals surface area contributed by atoms with Crippen LogP contribution in [-0.2, 0) is 16.6 Å². The molecule has 1 aromatic carbocycles. The van der Waals surface area contributed by atoms with Gasteiger partial charge in [0.1, 0.15) is 17.0 Å². The van der Waals surface area contributed by atoms with Crippen LogP contribution in [0.4, 0.5) is 5.82 Å². The Morgan fingerprint density at radius 1 is 0.980 bits per heavy atom. The molecule has 4 aromatic heterocycles. The molecule has 0 bridgehead atoms. The van der Waals surface area contributed by atoms with Gasteiger partial charge in [0.25, 0.3) is 0 Å². The second-order valence-electron chi connectivity index (χ2n) is 14.0. The molecular formula is C38H41N9O3. The quantitative estimate of drug-likeness (QED) is 0.246. The number of aryl methyl sites for hydroxylation is 1. The van der Waals surface area contributed by atoms with Crippen molar-refractivity contribution in [2.24, 2.45) is 12.5 Å². The second-order valence-corrected chi connectivity index (χ2v) is 14.0. The van der Waals surface area contributed by atoms with Crippen LogP contribution >= 0.6 is 0 Å². The summed E-state index contributed by atoms with van der Waals surface area (Å²) in [6.45, 7) is 7.44. The third-order valence-corrected chi connectivity index (χ3v) is 10.2. The van der Waals surface area contributed by atoms with E-state index in [-0.39, 0.29) is 17.9 Å². The number of amides is 2. The average Bonchev–Trinajstić information content (AvgIpc) is 3.92. The first-order valence-electron chi connectivity index (χ1n) is 17.3. The van der Waals surface area contributed by atoms with Gasteiger partial charge < -0.3 is 14.2 Å². The number of aromatic nitrogens is 6. The van der Waals surface area contributed by atoms with E-state index in [1.807, 2.05) is 60.8 Å². The van der Waals surface area contributed by atoms with E-state index < -0.39 is 5.41 Å². The molecule has 12 heteroatoms. The first-order chi connectivity index (χ1) is 24.2. The van der Waals surface area contributed by atoms with Gasteiger partial charge in [-0.1, -0.05) is 30.3 Å². The number of nitrogens with zero attached hydrogens (tertiary/aromatic N) is 8. The lowest BCUT2D eigenvalue weighted by Gasteiger charge is -2.29. The molecule has 2 fully saturated rings. The lowest BCUT2D eigenvalue weighted by atomic mass is 9.85. The van der Waals surface area contributed by atoms with Crippen molar-refractivity contribution in [2.75, 3.05) is 44.2 Å². The Kier molecular flexibility index (Phi) is 8.18. The average molecular weight is 672 g/mol. The van der Waals surface area contributed by atoms with Crippen molar-refractivity contribution in [1.29, 1.82) is 0 Å². The van der Waals surface area contributed by atoms with E-state index in [9.17, 15) is 9.59 Å². The fourth-order valence-corrected chi connectivity index (χ4v) is 7.45. The molecule has 3 aliphatic rings. The van der Waals surface area contributed by atoms with Crippen molar-refractivity contribution in [1.82, 2.24) is 39.5 Å². The van der Waals surface area contributed by atoms with Gasteiger partial charge in [0.2, 0.25) is 17.7 Å². The maximum absolute atomic E-state index is 14.0. The number of H-pyrrole nitrogens is 1. The van der Waals surface area contributed by atoms with Gasteiger partial charge in [0.15, 0.2) is 0 Å². The van der Waals surface area contributed by atoms with Crippen LogP contribution in [-0.4, -0.2) is 96.7 Å². The number of imidazole rings is 1. The number of rotatable bonds is 8. The molecule has 50 heavy (non-hydrogen) atoms. The lowest BCUT2D eigenvalue weighted by molar-refractivity contribution is -0.132. The van der Waals surface area contributed by atoms with Gasteiger partial charge in [-0.05, 0) is 69.0 Å². The molecule has 3 aliphatic heterocycles. The summed E-state index contributed by atoms with van der Waals surface area (Å²) in [5, 5.41) is 7.56. The lowest BCUT2D eigenvalue weighted by Crippen LogP contribution is -2.43. The van der Waals surface area contributed by atoms with Crippen molar-refractivity contribution >= 4 is 34.2 Å².